The molecule has 2 aromatic rings. The summed E-state index contributed by atoms with van der Waals surface area (Å²) in [6.45, 7) is 4.89. The molecule has 0 aliphatic carbocycles. The summed E-state index contributed by atoms with van der Waals surface area (Å²) in [6.07, 6.45) is 1.04. The third-order valence-corrected chi connectivity index (χ3v) is 4.66. The largest absolute Gasteiger partial charge is 0.493 e. The van der Waals surface area contributed by atoms with Crippen LogP contribution in [0.5, 0.6) is 11.5 Å². The molecule has 0 unspecified atom stereocenters. The summed E-state index contributed by atoms with van der Waals surface area (Å²) >= 11 is 0. The van der Waals surface area contributed by atoms with Gasteiger partial charge in [0.15, 0.2) is 30.5 Å². The average molecular weight is 413 g/mol. The van der Waals surface area contributed by atoms with E-state index < -0.39 is 25.1 Å². The van der Waals surface area contributed by atoms with Gasteiger partial charge in [-0.1, -0.05) is 26.0 Å². The summed E-state index contributed by atoms with van der Waals surface area (Å²) in [4.78, 5) is 35.3. The highest BCUT2D eigenvalue weighted by atomic mass is 16.6. The highest BCUT2D eigenvalue weighted by Crippen LogP contribution is 2.28. The fourth-order valence-corrected chi connectivity index (χ4v) is 2.66. The van der Waals surface area contributed by atoms with Crippen molar-refractivity contribution in [2.75, 3.05) is 25.6 Å². The van der Waals surface area contributed by atoms with Gasteiger partial charge in [-0.15, -0.1) is 0 Å². The quantitative estimate of drug-likeness (QED) is 0.468. The van der Waals surface area contributed by atoms with Crippen LogP contribution in [0.25, 0.3) is 0 Å². The van der Waals surface area contributed by atoms with Gasteiger partial charge in [0.2, 0.25) is 0 Å². The predicted molar refractivity (Wildman–Crippen MR) is 113 cm³/mol. The summed E-state index contributed by atoms with van der Waals surface area (Å²) < 4.78 is 15.5. The number of nitrogens with one attached hydrogen (secondary N) is 1. The van der Waals surface area contributed by atoms with Gasteiger partial charge in [-0.3, -0.25) is 9.59 Å². The summed E-state index contributed by atoms with van der Waals surface area (Å²) in [5, 5.41) is 2.68. The molecule has 0 saturated heterocycles. The van der Waals surface area contributed by atoms with Crippen LogP contribution in [0.4, 0.5) is 5.69 Å². The van der Waals surface area contributed by atoms with E-state index in [2.05, 4.69) is 19.2 Å². The average Bonchev–Trinajstić information content (AvgIpc) is 2.75. The van der Waals surface area contributed by atoms with Crippen LogP contribution in [0.1, 0.15) is 49.0 Å². The van der Waals surface area contributed by atoms with Crippen molar-refractivity contribution in [1.82, 2.24) is 0 Å². The van der Waals surface area contributed by atoms with Gasteiger partial charge in [-0.2, -0.15) is 0 Å². The molecule has 1 N–H and O–H groups in total. The van der Waals surface area contributed by atoms with Crippen molar-refractivity contribution in [2.24, 2.45) is 0 Å². The van der Waals surface area contributed by atoms with E-state index in [0.717, 1.165) is 6.42 Å². The number of anilines is 1. The Kier molecular flexibility index (Phi) is 8.41. The molecule has 1 amide bonds. The molecule has 0 spiro atoms. The first-order valence-corrected chi connectivity index (χ1v) is 9.71. The molecule has 7 heteroatoms. The first kappa shape index (κ1) is 22.9. The number of rotatable bonds is 10. The Morgan fingerprint density at radius 2 is 1.70 bits per heavy atom. The predicted octanol–water partition coefficient (Wildman–Crippen LogP) is 3.97. The lowest BCUT2D eigenvalue weighted by atomic mass is 9.99. The normalized spacial score (nSPS) is 11.3. The van der Waals surface area contributed by atoms with E-state index in [1.165, 1.54) is 25.7 Å². The van der Waals surface area contributed by atoms with Crippen LogP contribution < -0.4 is 14.8 Å². The number of esters is 1. The number of hydrogen-bond donors (Lipinski definition) is 1. The molecule has 160 valence electrons. The lowest BCUT2D eigenvalue weighted by Gasteiger charge is -2.12. The van der Waals surface area contributed by atoms with Crippen molar-refractivity contribution in [3.63, 3.8) is 0 Å². The van der Waals surface area contributed by atoms with Gasteiger partial charge >= 0.3 is 5.97 Å². The lowest BCUT2D eigenvalue weighted by Crippen LogP contribution is -2.23. The number of carbonyl (C=O) groups excluding carboxylic acids is 3. The van der Waals surface area contributed by atoms with Crippen molar-refractivity contribution < 1.29 is 28.6 Å². The molecule has 0 saturated carbocycles. The van der Waals surface area contributed by atoms with Crippen molar-refractivity contribution in [1.29, 1.82) is 0 Å². The van der Waals surface area contributed by atoms with Crippen LogP contribution in [0.3, 0.4) is 0 Å². The Labute approximate surface area is 176 Å². The highest BCUT2D eigenvalue weighted by molar-refractivity contribution is 5.95. The Bertz CT molecular complexity index is 891. The molecule has 0 aromatic heterocycles. The molecule has 0 bridgehead atoms. The van der Waals surface area contributed by atoms with E-state index in [1.807, 2.05) is 24.3 Å². The number of carbonyl (C=O) groups is 3. The maximum Gasteiger partial charge on any atom is 0.344 e. The van der Waals surface area contributed by atoms with Crippen molar-refractivity contribution in [2.45, 2.75) is 33.1 Å². The van der Waals surface area contributed by atoms with Crippen molar-refractivity contribution in [3.8, 4) is 11.5 Å². The third-order valence-electron chi connectivity index (χ3n) is 4.66. The smallest absolute Gasteiger partial charge is 0.344 e. The molecule has 0 fully saturated rings. The van der Waals surface area contributed by atoms with E-state index in [9.17, 15) is 14.4 Å². The van der Waals surface area contributed by atoms with Crippen LogP contribution in [0.2, 0.25) is 0 Å². The number of methoxy groups -OCH3 is 1. The SMILES string of the molecule is CC[C@@H](C)c1ccc(NC(=O)COC(=O)COc2ccc(C(C)=O)cc2OC)cc1. The Balaban J connectivity index is 1.80. The zero-order valence-corrected chi connectivity index (χ0v) is 17.7. The first-order chi connectivity index (χ1) is 14.3. The minimum atomic E-state index is -0.699. The third kappa shape index (κ3) is 6.62. The lowest BCUT2D eigenvalue weighted by molar-refractivity contribution is -0.149. The summed E-state index contributed by atoms with van der Waals surface area (Å²) in [7, 11) is 1.43. The standard InChI is InChI=1S/C23H27NO6/c1-5-15(2)17-6-9-19(10-7-17)24-22(26)13-30-23(27)14-29-20-11-8-18(16(3)25)12-21(20)28-4/h6-12,15H,5,13-14H2,1-4H3,(H,24,26)/t15-/m1/s1. The molecule has 2 aromatic carbocycles. The van der Waals surface area contributed by atoms with Crippen molar-refractivity contribution >= 4 is 23.3 Å². The van der Waals surface area contributed by atoms with E-state index in [0.29, 0.717) is 28.7 Å². The van der Waals surface area contributed by atoms with Gasteiger partial charge < -0.3 is 19.5 Å². The molecule has 0 heterocycles. The van der Waals surface area contributed by atoms with Crippen LogP contribution in [-0.4, -0.2) is 38.0 Å². The van der Waals surface area contributed by atoms with Gasteiger partial charge in [0.1, 0.15) is 0 Å². The van der Waals surface area contributed by atoms with Crippen LogP contribution in [-0.2, 0) is 14.3 Å². The Morgan fingerprint density at radius 3 is 2.30 bits per heavy atom. The van der Waals surface area contributed by atoms with Crippen molar-refractivity contribution in [3.05, 3.63) is 53.6 Å². The first-order valence-electron chi connectivity index (χ1n) is 9.71. The number of hydrogen-bond acceptors (Lipinski definition) is 6. The second kappa shape index (κ2) is 11.0. The van der Waals surface area contributed by atoms with Crippen LogP contribution in [0.15, 0.2) is 42.5 Å². The number of Topliss-reactive ketones (excluding diaryl/α,β-unsaturated/α-hetero) is 1. The Hall–Kier alpha value is -3.35. The zero-order chi connectivity index (χ0) is 22.1. The number of benzene rings is 2. The van der Waals surface area contributed by atoms with E-state index >= 15 is 0 Å². The number of ketones is 1. The number of amides is 1. The summed E-state index contributed by atoms with van der Waals surface area (Å²) in [6, 6.07) is 12.2. The van der Waals surface area contributed by atoms with E-state index in [1.54, 1.807) is 12.1 Å². The minimum Gasteiger partial charge on any atom is -0.493 e. The van der Waals surface area contributed by atoms with E-state index in [4.69, 9.17) is 14.2 Å². The molecule has 0 radical (unpaired) electrons. The second-order valence-corrected chi connectivity index (χ2v) is 6.85. The molecule has 0 aliphatic rings. The zero-order valence-electron chi connectivity index (χ0n) is 17.7. The van der Waals surface area contributed by atoms with Gasteiger partial charge in [-0.25, -0.2) is 4.79 Å². The molecule has 2 rings (SSSR count). The Morgan fingerprint density at radius 1 is 1.00 bits per heavy atom. The molecular formula is C23H27NO6. The molecule has 1 atom stereocenters. The summed E-state index contributed by atoms with van der Waals surface area (Å²) in [5.74, 6) is -0.176. The molecule has 0 aliphatic heterocycles. The summed E-state index contributed by atoms with van der Waals surface area (Å²) in [5.41, 5.74) is 2.30. The van der Waals surface area contributed by atoms with Gasteiger partial charge in [-0.05, 0) is 55.2 Å². The molecular weight excluding hydrogens is 386 g/mol. The number of ether oxygens (including phenoxy) is 3. The highest BCUT2D eigenvalue weighted by Gasteiger charge is 2.13. The second-order valence-electron chi connectivity index (χ2n) is 6.85. The molecule has 30 heavy (non-hydrogen) atoms. The van der Waals surface area contributed by atoms with Crippen LogP contribution in [0, 0.1) is 0 Å². The monoisotopic (exact) mass is 413 g/mol. The topological polar surface area (TPSA) is 90.9 Å². The maximum atomic E-state index is 12.0. The minimum absolute atomic E-state index is 0.111. The van der Waals surface area contributed by atoms with E-state index in [-0.39, 0.29) is 5.78 Å². The van der Waals surface area contributed by atoms with Gasteiger partial charge in [0.25, 0.3) is 5.91 Å². The fraction of sp³-hybridized carbons (Fsp3) is 0.348. The molecule has 7 nitrogen and oxygen atoms in total. The fourth-order valence-electron chi connectivity index (χ4n) is 2.66. The van der Waals surface area contributed by atoms with Gasteiger partial charge in [0, 0.05) is 11.3 Å². The van der Waals surface area contributed by atoms with Crippen LogP contribution >= 0.6 is 0 Å². The maximum absolute atomic E-state index is 12.0. The van der Waals surface area contributed by atoms with Gasteiger partial charge in [0.05, 0.1) is 7.11 Å².